The molecule has 0 heterocycles. The highest BCUT2D eigenvalue weighted by Gasteiger charge is 2.30. The summed E-state index contributed by atoms with van der Waals surface area (Å²) in [7, 11) is 0. The molecule has 1 rings (SSSR count). The Hall–Kier alpha value is -3.75. The van der Waals surface area contributed by atoms with Gasteiger partial charge in [-0.1, -0.05) is 12.1 Å². The van der Waals surface area contributed by atoms with Crippen LogP contribution in [0.1, 0.15) is 37.7 Å². The number of phenols is 1. The van der Waals surface area contributed by atoms with E-state index < -0.39 is 60.4 Å². The first-order valence-electron chi connectivity index (χ1n) is 11.7. The van der Waals surface area contributed by atoms with E-state index in [4.69, 9.17) is 27.4 Å². The second kappa shape index (κ2) is 16.1. The molecular weight excluding hydrogens is 488 g/mol. The van der Waals surface area contributed by atoms with Crippen LogP contribution in [0.15, 0.2) is 24.3 Å². The van der Waals surface area contributed by atoms with E-state index >= 15 is 0 Å². The van der Waals surface area contributed by atoms with Gasteiger partial charge in [0.25, 0.3) is 0 Å². The van der Waals surface area contributed by atoms with Crippen molar-refractivity contribution in [2.45, 2.75) is 62.7 Å². The molecule has 14 heteroatoms. The SMILES string of the molecule is NCCCCC(NC(=O)C(N)Cc1ccc(O)cc1)C(=O)NC(CCC(N)=O)C(=O)NC(CO)C(=O)O. The van der Waals surface area contributed by atoms with Gasteiger partial charge in [-0.3, -0.25) is 19.2 Å². The normalized spacial score (nSPS) is 14.0. The highest BCUT2D eigenvalue weighted by atomic mass is 16.4. The molecule has 0 spiro atoms. The number of amides is 4. The summed E-state index contributed by atoms with van der Waals surface area (Å²) >= 11 is 0. The Morgan fingerprint density at radius 1 is 0.838 bits per heavy atom. The van der Waals surface area contributed by atoms with Crippen molar-refractivity contribution in [3.63, 3.8) is 0 Å². The Balaban J connectivity index is 2.97. The maximum atomic E-state index is 13.1. The molecule has 0 fully saturated rings. The number of aliphatic hydroxyl groups excluding tert-OH is 1. The van der Waals surface area contributed by atoms with Crippen molar-refractivity contribution in [2.24, 2.45) is 17.2 Å². The molecule has 4 amide bonds. The van der Waals surface area contributed by atoms with E-state index in [1.54, 1.807) is 12.1 Å². The van der Waals surface area contributed by atoms with Crippen LogP contribution >= 0.6 is 0 Å². The van der Waals surface area contributed by atoms with E-state index in [0.29, 0.717) is 24.9 Å². The molecule has 0 bridgehead atoms. The minimum Gasteiger partial charge on any atom is -0.508 e. The summed E-state index contributed by atoms with van der Waals surface area (Å²) in [6.07, 6.45) is 0.780. The lowest BCUT2D eigenvalue weighted by molar-refractivity contribution is -0.143. The van der Waals surface area contributed by atoms with Crippen LogP contribution in [0.4, 0.5) is 0 Å². The van der Waals surface area contributed by atoms with Crippen LogP contribution in [0.3, 0.4) is 0 Å². The minimum absolute atomic E-state index is 0.0574. The molecular formula is C23H36N6O8. The third-order valence-electron chi connectivity index (χ3n) is 5.42. The quantitative estimate of drug-likeness (QED) is 0.0944. The molecule has 37 heavy (non-hydrogen) atoms. The highest BCUT2D eigenvalue weighted by Crippen LogP contribution is 2.11. The molecule has 0 aliphatic carbocycles. The van der Waals surface area contributed by atoms with Gasteiger partial charge in [0.1, 0.15) is 23.9 Å². The molecule has 0 aliphatic rings. The number of aliphatic hydroxyl groups is 1. The number of carbonyl (C=O) groups is 5. The van der Waals surface area contributed by atoms with Gasteiger partial charge in [-0.2, -0.15) is 0 Å². The average molecular weight is 525 g/mol. The fourth-order valence-corrected chi connectivity index (χ4v) is 3.30. The van der Waals surface area contributed by atoms with Crippen LogP contribution in [0, 0.1) is 0 Å². The van der Waals surface area contributed by atoms with E-state index in [-0.39, 0.29) is 31.4 Å². The van der Waals surface area contributed by atoms with Crippen LogP contribution in [0.2, 0.25) is 0 Å². The van der Waals surface area contributed by atoms with Crippen molar-refractivity contribution in [3.8, 4) is 5.75 Å². The fourth-order valence-electron chi connectivity index (χ4n) is 3.30. The summed E-state index contributed by atoms with van der Waals surface area (Å²) in [5.74, 6) is -4.54. The molecule has 14 nitrogen and oxygen atoms in total. The molecule has 0 saturated heterocycles. The number of phenolic OH excluding ortho intramolecular Hbond substituents is 1. The van der Waals surface area contributed by atoms with Gasteiger partial charge in [-0.05, 0) is 56.3 Å². The lowest BCUT2D eigenvalue weighted by atomic mass is 10.0. The Labute approximate surface area is 213 Å². The minimum atomic E-state index is -1.63. The summed E-state index contributed by atoms with van der Waals surface area (Å²) in [6, 6.07) is 0.981. The smallest absolute Gasteiger partial charge is 0.328 e. The van der Waals surface area contributed by atoms with Gasteiger partial charge in [0, 0.05) is 6.42 Å². The van der Waals surface area contributed by atoms with Gasteiger partial charge in [0.2, 0.25) is 23.6 Å². The maximum absolute atomic E-state index is 13.1. The molecule has 0 aliphatic heterocycles. The summed E-state index contributed by atoms with van der Waals surface area (Å²) in [6.45, 7) is -0.543. The number of nitrogens with one attached hydrogen (secondary N) is 3. The third-order valence-corrected chi connectivity index (χ3v) is 5.42. The van der Waals surface area contributed by atoms with Crippen molar-refractivity contribution in [1.29, 1.82) is 0 Å². The van der Waals surface area contributed by atoms with Crippen LogP contribution < -0.4 is 33.2 Å². The first-order chi connectivity index (χ1) is 17.5. The van der Waals surface area contributed by atoms with Crippen LogP contribution in [0.5, 0.6) is 5.75 Å². The zero-order chi connectivity index (χ0) is 28.0. The number of nitrogens with two attached hydrogens (primary N) is 3. The number of aromatic hydroxyl groups is 1. The van der Waals surface area contributed by atoms with Gasteiger partial charge in [0.05, 0.1) is 12.6 Å². The predicted molar refractivity (Wildman–Crippen MR) is 132 cm³/mol. The molecule has 0 aromatic heterocycles. The molecule has 4 unspecified atom stereocenters. The number of hydrogen-bond acceptors (Lipinski definition) is 9. The number of unbranched alkanes of at least 4 members (excludes halogenated alkanes) is 1. The largest absolute Gasteiger partial charge is 0.508 e. The van der Waals surface area contributed by atoms with E-state index in [2.05, 4.69) is 16.0 Å². The molecule has 0 saturated carbocycles. The van der Waals surface area contributed by atoms with E-state index in [9.17, 15) is 29.1 Å². The standard InChI is InChI=1S/C23H36N6O8/c24-10-2-1-3-16(27-20(33)15(25)11-13-4-6-14(31)7-5-13)21(34)28-17(8-9-19(26)32)22(35)29-18(12-30)23(36)37/h4-7,15-18,30-31H,1-3,8-12,24-25H2,(H2,26,32)(H,27,33)(H,28,34)(H,29,35)(H,36,37). The lowest BCUT2D eigenvalue weighted by Crippen LogP contribution is -2.57. The van der Waals surface area contributed by atoms with Crippen molar-refractivity contribution < 1.29 is 39.3 Å². The topological polar surface area (TPSA) is 260 Å². The number of primary amides is 1. The van der Waals surface area contributed by atoms with Crippen molar-refractivity contribution in [2.75, 3.05) is 13.2 Å². The molecule has 206 valence electrons. The van der Waals surface area contributed by atoms with Crippen LogP contribution in [-0.4, -0.2) is 82.2 Å². The third kappa shape index (κ3) is 11.7. The van der Waals surface area contributed by atoms with Crippen molar-refractivity contribution in [3.05, 3.63) is 29.8 Å². The first-order valence-corrected chi connectivity index (χ1v) is 11.7. The second-order valence-electron chi connectivity index (χ2n) is 8.47. The zero-order valence-electron chi connectivity index (χ0n) is 20.4. The number of carboxylic acids is 1. The van der Waals surface area contributed by atoms with Crippen LogP contribution in [-0.2, 0) is 30.4 Å². The number of aliphatic carboxylic acids is 1. The summed E-state index contributed by atoms with van der Waals surface area (Å²) in [5, 5.41) is 34.7. The molecule has 0 radical (unpaired) electrons. The Morgan fingerprint density at radius 3 is 1.89 bits per heavy atom. The first kappa shape index (κ1) is 31.3. The Kier molecular flexibility index (Phi) is 13.6. The summed E-state index contributed by atoms with van der Waals surface area (Å²) in [5.41, 5.74) is 17.3. The second-order valence-corrected chi connectivity index (χ2v) is 8.47. The number of benzene rings is 1. The van der Waals surface area contributed by atoms with Gasteiger partial charge in [-0.25, -0.2) is 4.79 Å². The highest BCUT2D eigenvalue weighted by molar-refractivity contribution is 5.94. The average Bonchev–Trinajstić information content (AvgIpc) is 2.85. The van der Waals surface area contributed by atoms with E-state index in [1.807, 2.05) is 0 Å². The van der Waals surface area contributed by atoms with Crippen LogP contribution in [0.25, 0.3) is 0 Å². The molecule has 1 aromatic rings. The Bertz CT molecular complexity index is 926. The zero-order valence-corrected chi connectivity index (χ0v) is 20.4. The number of carboxylic acid groups (broad SMARTS) is 1. The molecule has 4 atom stereocenters. The maximum Gasteiger partial charge on any atom is 0.328 e. The molecule has 1 aromatic carbocycles. The van der Waals surface area contributed by atoms with Gasteiger partial charge >= 0.3 is 5.97 Å². The van der Waals surface area contributed by atoms with Gasteiger partial charge < -0.3 is 48.5 Å². The number of rotatable bonds is 17. The predicted octanol–water partition coefficient (Wildman–Crippen LogP) is -2.81. The van der Waals surface area contributed by atoms with Crippen molar-refractivity contribution >= 4 is 29.6 Å². The Morgan fingerprint density at radius 2 is 1.38 bits per heavy atom. The van der Waals surface area contributed by atoms with E-state index in [0.717, 1.165) is 0 Å². The monoisotopic (exact) mass is 524 g/mol. The number of carbonyl (C=O) groups excluding carboxylic acids is 4. The van der Waals surface area contributed by atoms with Gasteiger partial charge in [0.15, 0.2) is 0 Å². The van der Waals surface area contributed by atoms with Gasteiger partial charge in [-0.15, -0.1) is 0 Å². The summed E-state index contributed by atoms with van der Waals surface area (Å²) in [4.78, 5) is 60.8. The number of hydrogen-bond donors (Lipinski definition) is 9. The fraction of sp³-hybridized carbons (Fsp3) is 0.522. The van der Waals surface area contributed by atoms with E-state index in [1.165, 1.54) is 12.1 Å². The molecule has 12 N–H and O–H groups in total. The van der Waals surface area contributed by atoms with Crippen molar-refractivity contribution in [1.82, 2.24) is 16.0 Å². The summed E-state index contributed by atoms with van der Waals surface area (Å²) < 4.78 is 0. The lowest BCUT2D eigenvalue weighted by Gasteiger charge is -2.25.